The van der Waals surface area contributed by atoms with Crippen molar-refractivity contribution in [2.75, 3.05) is 0 Å². The number of halogens is 2. The van der Waals surface area contributed by atoms with E-state index in [9.17, 15) is 15.1 Å². The van der Waals surface area contributed by atoms with E-state index in [-0.39, 0.29) is 18.0 Å². The third kappa shape index (κ3) is 3.17. The number of fused-ring (bicyclic) bond motifs is 1. The highest BCUT2D eigenvalue weighted by atomic mass is 35.5. The predicted molar refractivity (Wildman–Crippen MR) is 88.6 cm³/mol. The van der Waals surface area contributed by atoms with Gasteiger partial charge in [0.1, 0.15) is 0 Å². The standard InChI is InChI=1S/C15H10Cl2N4O3/c16-9-1-2-10(17)13-12(9)14(15(23)18-13)20-19-11(22)7-8-3-5-21(24)6-4-8/h1-6,18,23H,7H2. The van der Waals surface area contributed by atoms with Crippen molar-refractivity contribution in [1.82, 2.24) is 4.98 Å². The minimum Gasteiger partial charge on any atom is -0.619 e. The molecule has 3 rings (SSSR count). The van der Waals surface area contributed by atoms with E-state index in [4.69, 9.17) is 23.2 Å². The normalized spacial score (nSPS) is 11.4. The van der Waals surface area contributed by atoms with Crippen molar-refractivity contribution in [2.45, 2.75) is 6.42 Å². The van der Waals surface area contributed by atoms with Crippen molar-refractivity contribution >= 4 is 45.7 Å². The predicted octanol–water partition coefficient (Wildman–Crippen LogP) is 3.67. The summed E-state index contributed by atoms with van der Waals surface area (Å²) >= 11 is 12.1. The van der Waals surface area contributed by atoms with Gasteiger partial charge < -0.3 is 15.3 Å². The molecule has 24 heavy (non-hydrogen) atoms. The molecule has 2 heterocycles. The number of amides is 1. The highest BCUT2D eigenvalue weighted by molar-refractivity contribution is 6.41. The SMILES string of the molecule is O=C(Cc1cc[n+]([O-])cc1)N=Nc1c(O)[nH]c2c(Cl)ccc(Cl)c12. The quantitative estimate of drug-likeness (QED) is 0.420. The number of carbonyl (C=O) groups excluding carboxylic acids is 1. The number of benzene rings is 1. The largest absolute Gasteiger partial charge is 0.619 e. The monoisotopic (exact) mass is 364 g/mol. The van der Waals surface area contributed by atoms with Crippen molar-refractivity contribution in [3.8, 4) is 5.88 Å². The first-order valence-corrected chi connectivity index (χ1v) is 7.52. The molecule has 2 N–H and O–H groups in total. The number of nitrogens with one attached hydrogen (secondary N) is 1. The molecule has 9 heteroatoms. The zero-order valence-corrected chi connectivity index (χ0v) is 13.5. The van der Waals surface area contributed by atoms with Gasteiger partial charge in [0.25, 0.3) is 5.91 Å². The number of H-pyrrole nitrogens is 1. The Morgan fingerprint density at radius 1 is 1.21 bits per heavy atom. The fourth-order valence-electron chi connectivity index (χ4n) is 2.18. The third-order valence-corrected chi connectivity index (χ3v) is 3.93. The number of hydrogen-bond acceptors (Lipinski definition) is 4. The second-order valence-corrected chi connectivity index (χ2v) is 5.75. The molecule has 0 radical (unpaired) electrons. The Morgan fingerprint density at radius 2 is 1.88 bits per heavy atom. The highest BCUT2D eigenvalue weighted by Gasteiger charge is 2.16. The number of carbonyl (C=O) groups is 1. The maximum atomic E-state index is 11.9. The first-order valence-electron chi connectivity index (χ1n) is 6.76. The van der Waals surface area contributed by atoms with Crippen LogP contribution in [0.1, 0.15) is 5.56 Å². The number of azo groups is 1. The number of hydrogen-bond donors (Lipinski definition) is 2. The summed E-state index contributed by atoms with van der Waals surface area (Å²) in [5.41, 5.74) is 1.07. The molecule has 0 saturated carbocycles. The van der Waals surface area contributed by atoms with Gasteiger partial charge in [-0.25, -0.2) is 0 Å². The summed E-state index contributed by atoms with van der Waals surface area (Å²) in [6, 6.07) is 6.16. The summed E-state index contributed by atoms with van der Waals surface area (Å²) in [5.74, 6) is -0.825. The van der Waals surface area contributed by atoms with Crippen LogP contribution in [0.25, 0.3) is 10.9 Å². The Hall–Kier alpha value is -2.64. The van der Waals surface area contributed by atoms with E-state index in [1.54, 1.807) is 12.1 Å². The second kappa shape index (κ2) is 6.46. The van der Waals surface area contributed by atoms with Gasteiger partial charge in [-0.1, -0.05) is 23.2 Å². The molecule has 7 nitrogen and oxygen atoms in total. The minimum atomic E-state index is -0.537. The van der Waals surface area contributed by atoms with E-state index < -0.39 is 5.91 Å². The molecule has 0 aliphatic rings. The van der Waals surface area contributed by atoms with Gasteiger partial charge in [0.15, 0.2) is 18.1 Å². The van der Waals surface area contributed by atoms with Gasteiger partial charge in [-0.15, -0.1) is 10.2 Å². The van der Waals surface area contributed by atoms with Crippen molar-refractivity contribution in [1.29, 1.82) is 0 Å². The second-order valence-electron chi connectivity index (χ2n) is 4.94. The maximum Gasteiger partial charge on any atom is 0.269 e. The number of aromatic hydroxyl groups is 1. The third-order valence-electron chi connectivity index (χ3n) is 3.30. The summed E-state index contributed by atoms with van der Waals surface area (Å²) in [7, 11) is 0. The van der Waals surface area contributed by atoms with Crippen LogP contribution in [0.5, 0.6) is 5.88 Å². The summed E-state index contributed by atoms with van der Waals surface area (Å²) < 4.78 is 0.616. The summed E-state index contributed by atoms with van der Waals surface area (Å²) in [4.78, 5) is 14.5. The molecule has 122 valence electrons. The maximum absolute atomic E-state index is 11.9. The van der Waals surface area contributed by atoms with Crippen molar-refractivity contribution < 1.29 is 14.6 Å². The topological polar surface area (TPSA) is 105 Å². The van der Waals surface area contributed by atoms with Crippen LogP contribution in [-0.4, -0.2) is 16.0 Å². The van der Waals surface area contributed by atoms with Crippen LogP contribution < -0.4 is 4.73 Å². The van der Waals surface area contributed by atoms with E-state index in [1.165, 1.54) is 24.5 Å². The first kappa shape index (κ1) is 16.2. The molecule has 0 aliphatic carbocycles. The van der Waals surface area contributed by atoms with E-state index in [2.05, 4.69) is 15.2 Å². The van der Waals surface area contributed by atoms with Crippen LogP contribution in [0.3, 0.4) is 0 Å². The molecule has 1 amide bonds. The van der Waals surface area contributed by atoms with E-state index in [0.717, 1.165) is 0 Å². The van der Waals surface area contributed by atoms with Gasteiger partial charge in [-0.2, -0.15) is 4.73 Å². The summed E-state index contributed by atoms with van der Waals surface area (Å²) in [6.45, 7) is 0. The van der Waals surface area contributed by atoms with Gasteiger partial charge in [-0.3, -0.25) is 4.79 Å². The Bertz CT molecular complexity index is 952. The molecule has 0 unspecified atom stereocenters. The molecular formula is C15H10Cl2N4O3. The Kier molecular flexibility index (Phi) is 4.37. The molecule has 1 aromatic carbocycles. The number of rotatable bonds is 3. The molecule has 0 fully saturated rings. The van der Waals surface area contributed by atoms with Crippen LogP contribution in [-0.2, 0) is 11.2 Å². The lowest BCUT2D eigenvalue weighted by molar-refractivity contribution is -0.605. The summed E-state index contributed by atoms with van der Waals surface area (Å²) in [6.07, 6.45) is 2.54. The van der Waals surface area contributed by atoms with Crippen LogP contribution in [0.2, 0.25) is 10.0 Å². The Balaban J connectivity index is 1.88. The molecule has 0 spiro atoms. The Labute approximate surface area is 145 Å². The fraction of sp³-hybridized carbons (Fsp3) is 0.0667. The lowest BCUT2D eigenvalue weighted by Crippen LogP contribution is -2.23. The van der Waals surface area contributed by atoms with E-state index in [0.29, 0.717) is 31.2 Å². The zero-order chi connectivity index (χ0) is 17.3. The number of pyridine rings is 1. The van der Waals surface area contributed by atoms with Gasteiger partial charge >= 0.3 is 0 Å². The van der Waals surface area contributed by atoms with Gasteiger partial charge in [0.05, 0.1) is 27.4 Å². The minimum absolute atomic E-state index is 0.0258. The molecular weight excluding hydrogens is 355 g/mol. The number of aromatic amines is 1. The zero-order valence-electron chi connectivity index (χ0n) is 12.0. The first-order chi connectivity index (χ1) is 11.5. The lowest BCUT2D eigenvalue weighted by atomic mass is 10.2. The average molecular weight is 365 g/mol. The van der Waals surface area contributed by atoms with Gasteiger partial charge in [0.2, 0.25) is 5.88 Å². The molecule has 0 saturated heterocycles. The fourth-order valence-corrected chi connectivity index (χ4v) is 2.63. The van der Waals surface area contributed by atoms with Crippen LogP contribution >= 0.6 is 23.2 Å². The smallest absolute Gasteiger partial charge is 0.269 e. The molecule has 3 aromatic rings. The number of aromatic nitrogens is 2. The molecule has 2 aromatic heterocycles. The van der Waals surface area contributed by atoms with Crippen molar-refractivity contribution in [2.24, 2.45) is 10.2 Å². The molecule has 0 bridgehead atoms. The average Bonchev–Trinajstić information content (AvgIpc) is 2.89. The van der Waals surface area contributed by atoms with Crippen LogP contribution in [0.15, 0.2) is 46.9 Å². The highest BCUT2D eigenvalue weighted by Crippen LogP contribution is 2.42. The summed E-state index contributed by atoms with van der Waals surface area (Å²) in [5, 5.41) is 29.3. The van der Waals surface area contributed by atoms with E-state index >= 15 is 0 Å². The van der Waals surface area contributed by atoms with Gasteiger partial charge in [0, 0.05) is 12.1 Å². The van der Waals surface area contributed by atoms with Gasteiger partial charge in [-0.05, 0) is 17.7 Å². The van der Waals surface area contributed by atoms with Crippen LogP contribution in [0.4, 0.5) is 5.69 Å². The molecule has 0 aliphatic heterocycles. The van der Waals surface area contributed by atoms with Crippen molar-refractivity contribution in [3.63, 3.8) is 0 Å². The Morgan fingerprint density at radius 3 is 2.58 bits per heavy atom. The van der Waals surface area contributed by atoms with E-state index in [1.807, 2.05) is 0 Å². The van der Waals surface area contributed by atoms with Crippen molar-refractivity contribution in [3.05, 3.63) is 57.5 Å². The molecule has 0 atom stereocenters. The van der Waals surface area contributed by atoms with Crippen LogP contribution in [0, 0.1) is 5.21 Å². The lowest BCUT2D eigenvalue weighted by Gasteiger charge is -1.98. The number of nitrogens with zero attached hydrogens (tertiary/aromatic N) is 3.